The number of nitrogens with one attached hydrogen (secondary N) is 2. The van der Waals surface area contributed by atoms with Gasteiger partial charge in [0.2, 0.25) is 5.91 Å². The summed E-state index contributed by atoms with van der Waals surface area (Å²) in [6.45, 7) is 13.4. The Morgan fingerprint density at radius 1 is 1.30 bits per heavy atom. The Balaban J connectivity index is 1.65. The van der Waals surface area contributed by atoms with Crippen LogP contribution in [0.2, 0.25) is 0 Å². The zero-order chi connectivity index (χ0) is 16.7. The number of rotatable bonds is 7. The maximum absolute atomic E-state index is 12.2. The smallest absolute Gasteiger partial charge is 0.220 e. The molecule has 2 rings (SSSR count). The van der Waals surface area contributed by atoms with Gasteiger partial charge < -0.3 is 15.4 Å². The van der Waals surface area contributed by atoms with E-state index in [9.17, 15) is 4.79 Å². The molecule has 2 N–H and O–H groups in total. The third-order valence-electron chi connectivity index (χ3n) is 5.07. The van der Waals surface area contributed by atoms with Crippen LogP contribution in [-0.2, 0) is 9.53 Å². The highest BCUT2D eigenvalue weighted by molar-refractivity contribution is 5.76. The molecule has 2 aliphatic heterocycles. The van der Waals surface area contributed by atoms with Crippen molar-refractivity contribution < 1.29 is 9.53 Å². The molecule has 134 valence electrons. The van der Waals surface area contributed by atoms with E-state index in [1.165, 1.54) is 12.8 Å². The van der Waals surface area contributed by atoms with Crippen LogP contribution in [0.3, 0.4) is 0 Å². The SMILES string of the molecule is CC(C)CN1CCOC(CNC(=O)CC(C)C2CCNCC2)C1. The molecule has 2 unspecified atom stereocenters. The maximum atomic E-state index is 12.2. The fourth-order valence-corrected chi connectivity index (χ4v) is 3.76. The van der Waals surface area contributed by atoms with Gasteiger partial charge in [0.15, 0.2) is 0 Å². The van der Waals surface area contributed by atoms with Gasteiger partial charge in [-0.25, -0.2) is 0 Å². The summed E-state index contributed by atoms with van der Waals surface area (Å²) in [6, 6.07) is 0. The van der Waals surface area contributed by atoms with Gasteiger partial charge in [0.25, 0.3) is 0 Å². The van der Waals surface area contributed by atoms with E-state index >= 15 is 0 Å². The zero-order valence-corrected chi connectivity index (χ0v) is 15.1. The Morgan fingerprint density at radius 3 is 2.74 bits per heavy atom. The molecule has 0 aliphatic carbocycles. The van der Waals surface area contributed by atoms with Crippen LogP contribution >= 0.6 is 0 Å². The number of carbonyl (C=O) groups excluding carboxylic acids is 1. The third kappa shape index (κ3) is 6.77. The maximum Gasteiger partial charge on any atom is 0.220 e. The minimum Gasteiger partial charge on any atom is -0.374 e. The van der Waals surface area contributed by atoms with E-state index in [1.807, 2.05) is 0 Å². The molecule has 0 saturated carbocycles. The van der Waals surface area contributed by atoms with E-state index < -0.39 is 0 Å². The molecule has 5 nitrogen and oxygen atoms in total. The molecule has 2 fully saturated rings. The molecule has 5 heteroatoms. The molecule has 0 bridgehead atoms. The van der Waals surface area contributed by atoms with Crippen LogP contribution in [0.5, 0.6) is 0 Å². The zero-order valence-electron chi connectivity index (χ0n) is 15.1. The first-order chi connectivity index (χ1) is 11.0. The van der Waals surface area contributed by atoms with Gasteiger partial charge in [-0.15, -0.1) is 0 Å². The average Bonchev–Trinajstić information content (AvgIpc) is 2.53. The summed E-state index contributed by atoms with van der Waals surface area (Å²) in [6.07, 6.45) is 3.18. The minimum atomic E-state index is 0.139. The molecule has 0 aromatic rings. The van der Waals surface area contributed by atoms with Gasteiger partial charge in [-0.1, -0.05) is 20.8 Å². The summed E-state index contributed by atoms with van der Waals surface area (Å²) in [5, 5.41) is 6.48. The average molecular weight is 325 g/mol. The number of piperidine rings is 1. The normalized spacial score (nSPS) is 25.5. The fourth-order valence-electron chi connectivity index (χ4n) is 3.76. The number of carbonyl (C=O) groups is 1. The van der Waals surface area contributed by atoms with Crippen molar-refractivity contribution >= 4 is 5.91 Å². The molecular formula is C18H35N3O2. The van der Waals surface area contributed by atoms with Crippen LogP contribution in [0.25, 0.3) is 0 Å². The molecule has 0 aromatic heterocycles. The summed E-state index contributed by atoms with van der Waals surface area (Å²) < 4.78 is 5.80. The standard InChI is InChI=1S/C18H35N3O2/c1-14(2)12-21-8-9-23-17(13-21)11-20-18(22)10-15(3)16-4-6-19-7-5-16/h14-17,19H,4-13H2,1-3H3,(H,20,22). The number of morpholine rings is 1. The summed E-state index contributed by atoms with van der Waals surface area (Å²) in [5.41, 5.74) is 0. The van der Waals surface area contributed by atoms with E-state index in [0.717, 1.165) is 39.3 Å². The molecule has 0 radical (unpaired) electrons. The van der Waals surface area contributed by atoms with E-state index in [0.29, 0.717) is 30.7 Å². The second kappa shape index (κ2) is 9.60. The molecule has 0 aromatic carbocycles. The molecular weight excluding hydrogens is 290 g/mol. The molecule has 2 aliphatic rings. The lowest BCUT2D eigenvalue weighted by molar-refractivity contribution is -0.123. The number of ether oxygens (including phenoxy) is 1. The van der Waals surface area contributed by atoms with E-state index in [1.54, 1.807) is 0 Å². The second-order valence-electron chi connectivity index (χ2n) is 7.72. The topological polar surface area (TPSA) is 53.6 Å². The Bertz CT molecular complexity index is 356. The first-order valence-electron chi connectivity index (χ1n) is 9.36. The Hall–Kier alpha value is -0.650. The van der Waals surface area contributed by atoms with Crippen molar-refractivity contribution in [3.05, 3.63) is 0 Å². The summed E-state index contributed by atoms with van der Waals surface area (Å²) in [5.74, 6) is 2.02. The highest BCUT2D eigenvalue weighted by Gasteiger charge is 2.24. The molecule has 23 heavy (non-hydrogen) atoms. The quantitative estimate of drug-likeness (QED) is 0.744. The van der Waals surface area contributed by atoms with Crippen LogP contribution in [0.15, 0.2) is 0 Å². The molecule has 2 atom stereocenters. The molecule has 1 amide bonds. The number of nitrogens with zero attached hydrogens (tertiary/aromatic N) is 1. The Labute approximate surface area is 141 Å². The third-order valence-corrected chi connectivity index (χ3v) is 5.07. The predicted octanol–water partition coefficient (Wildman–Crippen LogP) is 1.49. The van der Waals surface area contributed by atoms with Gasteiger partial charge in [-0.2, -0.15) is 0 Å². The monoisotopic (exact) mass is 325 g/mol. The van der Waals surface area contributed by atoms with Crippen LogP contribution in [0.1, 0.15) is 40.0 Å². The summed E-state index contributed by atoms with van der Waals surface area (Å²) in [7, 11) is 0. The van der Waals surface area contributed by atoms with E-state index in [4.69, 9.17) is 4.74 Å². The van der Waals surface area contributed by atoms with Gasteiger partial charge >= 0.3 is 0 Å². The van der Waals surface area contributed by atoms with Gasteiger partial charge in [-0.3, -0.25) is 9.69 Å². The van der Waals surface area contributed by atoms with E-state index in [-0.39, 0.29) is 12.0 Å². The van der Waals surface area contributed by atoms with Crippen molar-refractivity contribution in [3.63, 3.8) is 0 Å². The lowest BCUT2D eigenvalue weighted by atomic mass is 9.84. The van der Waals surface area contributed by atoms with Crippen molar-refractivity contribution in [2.75, 3.05) is 45.9 Å². The first kappa shape index (κ1) is 18.7. The summed E-state index contributed by atoms with van der Waals surface area (Å²) in [4.78, 5) is 14.6. The van der Waals surface area contributed by atoms with Gasteiger partial charge in [0.05, 0.1) is 12.7 Å². The van der Waals surface area contributed by atoms with Crippen molar-refractivity contribution in [1.82, 2.24) is 15.5 Å². The minimum absolute atomic E-state index is 0.139. The fraction of sp³-hybridized carbons (Fsp3) is 0.944. The van der Waals surface area contributed by atoms with Crippen LogP contribution in [0.4, 0.5) is 0 Å². The van der Waals surface area contributed by atoms with Gasteiger partial charge in [0.1, 0.15) is 0 Å². The highest BCUT2D eigenvalue weighted by atomic mass is 16.5. The molecule has 0 spiro atoms. The lowest BCUT2D eigenvalue weighted by Gasteiger charge is -2.34. The van der Waals surface area contributed by atoms with Crippen LogP contribution in [0, 0.1) is 17.8 Å². The van der Waals surface area contributed by atoms with Gasteiger partial charge in [0, 0.05) is 32.6 Å². The highest BCUT2D eigenvalue weighted by Crippen LogP contribution is 2.24. The van der Waals surface area contributed by atoms with E-state index in [2.05, 4.69) is 36.3 Å². The van der Waals surface area contributed by atoms with Crippen molar-refractivity contribution in [3.8, 4) is 0 Å². The van der Waals surface area contributed by atoms with Crippen molar-refractivity contribution in [2.24, 2.45) is 17.8 Å². The number of hydrogen-bond donors (Lipinski definition) is 2. The van der Waals surface area contributed by atoms with Gasteiger partial charge in [-0.05, 0) is 43.7 Å². The molecule has 2 heterocycles. The molecule has 2 saturated heterocycles. The van der Waals surface area contributed by atoms with Crippen molar-refractivity contribution in [2.45, 2.75) is 46.1 Å². The summed E-state index contributed by atoms with van der Waals surface area (Å²) >= 11 is 0. The first-order valence-corrected chi connectivity index (χ1v) is 9.36. The Morgan fingerprint density at radius 2 is 2.04 bits per heavy atom. The lowest BCUT2D eigenvalue weighted by Crippen LogP contribution is -2.48. The number of amides is 1. The van der Waals surface area contributed by atoms with Crippen LogP contribution in [-0.4, -0.2) is 62.8 Å². The Kier molecular flexibility index (Phi) is 7.80. The predicted molar refractivity (Wildman–Crippen MR) is 93.4 cm³/mol. The second-order valence-corrected chi connectivity index (χ2v) is 7.72. The number of hydrogen-bond acceptors (Lipinski definition) is 4. The largest absolute Gasteiger partial charge is 0.374 e. The van der Waals surface area contributed by atoms with Crippen molar-refractivity contribution in [1.29, 1.82) is 0 Å². The van der Waals surface area contributed by atoms with Crippen LogP contribution < -0.4 is 10.6 Å².